The molecule has 0 saturated heterocycles. The Hall–Kier alpha value is -2.33. The third-order valence-corrected chi connectivity index (χ3v) is 4.07. The van der Waals surface area contributed by atoms with Gasteiger partial charge in [0.05, 0.1) is 6.54 Å². The molecule has 0 spiro atoms. The first kappa shape index (κ1) is 14.6. The highest BCUT2D eigenvalue weighted by Crippen LogP contribution is 2.21. The normalized spacial score (nSPS) is 10.6. The average molecular weight is 313 g/mol. The van der Waals surface area contributed by atoms with E-state index in [0.29, 0.717) is 6.54 Å². The van der Waals surface area contributed by atoms with Gasteiger partial charge in [-0.1, -0.05) is 41.9 Å². The summed E-state index contributed by atoms with van der Waals surface area (Å²) in [7, 11) is 0. The quantitative estimate of drug-likeness (QED) is 0.777. The Kier molecular flexibility index (Phi) is 4.39. The molecule has 1 heterocycles. The van der Waals surface area contributed by atoms with Crippen LogP contribution in [0.1, 0.15) is 16.7 Å². The highest BCUT2D eigenvalue weighted by atomic mass is 35.5. The summed E-state index contributed by atoms with van der Waals surface area (Å²) in [6.45, 7) is 3.47. The molecule has 0 amide bonds. The average Bonchev–Trinajstić information content (AvgIpc) is 3.03. The number of nitrogens with one attached hydrogen (secondary N) is 1. The molecule has 1 N–H and O–H groups in total. The van der Waals surface area contributed by atoms with Gasteiger partial charge in [-0.15, -0.1) is 0 Å². The Morgan fingerprint density at radius 2 is 1.91 bits per heavy atom. The molecule has 1 aromatic heterocycles. The highest BCUT2D eigenvalue weighted by Gasteiger charge is 2.05. The summed E-state index contributed by atoms with van der Waals surface area (Å²) < 4.78 is 1.81. The minimum atomic E-state index is 0.692. The molecule has 0 saturated carbocycles. The predicted octanol–water partition coefficient (Wildman–Crippen LogP) is 3.90. The SMILES string of the molecule is Cc1c(Cl)cccc1CNc1ccccc1Cn1cncn1. The van der Waals surface area contributed by atoms with Gasteiger partial charge in [0.1, 0.15) is 12.7 Å². The first-order valence-corrected chi connectivity index (χ1v) is 7.50. The van der Waals surface area contributed by atoms with E-state index in [0.717, 1.165) is 22.8 Å². The summed E-state index contributed by atoms with van der Waals surface area (Å²) in [4.78, 5) is 3.98. The van der Waals surface area contributed by atoms with Crippen LogP contribution in [0.4, 0.5) is 5.69 Å². The zero-order valence-corrected chi connectivity index (χ0v) is 13.1. The minimum Gasteiger partial charge on any atom is -0.381 e. The summed E-state index contributed by atoms with van der Waals surface area (Å²) in [5, 5.41) is 8.45. The standard InChI is InChI=1S/C17H17ClN4/c1-13-14(6-4-7-16(13)18)9-20-17-8-3-2-5-15(17)10-22-12-19-11-21-22/h2-8,11-12,20H,9-10H2,1H3. The topological polar surface area (TPSA) is 42.7 Å². The van der Waals surface area contributed by atoms with Crippen molar-refractivity contribution in [1.82, 2.24) is 14.8 Å². The smallest absolute Gasteiger partial charge is 0.137 e. The fraction of sp³-hybridized carbons (Fsp3) is 0.176. The van der Waals surface area contributed by atoms with E-state index in [-0.39, 0.29) is 0 Å². The molecule has 0 unspecified atom stereocenters. The summed E-state index contributed by atoms with van der Waals surface area (Å²) in [6, 6.07) is 14.2. The van der Waals surface area contributed by atoms with E-state index in [9.17, 15) is 0 Å². The zero-order chi connectivity index (χ0) is 15.4. The molecule has 2 aromatic carbocycles. The molecule has 0 atom stereocenters. The molecule has 0 aliphatic carbocycles. The molecule has 0 aliphatic heterocycles. The molecule has 112 valence electrons. The van der Waals surface area contributed by atoms with Gasteiger partial charge in [-0.3, -0.25) is 0 Å². The van der Waals surface area contributed by atoms with Crippen LogP contribution in [0, 0.1) is 6.92 Å². The van der Waals surface area contributed by atoms with Crippen molar-refractivity contribution in [1.29, 1.82) is 0 Å². The lowest BCUT2D eigenvalue weighted by molar-refractivity contribution is 0.685. The molecule has 3 rings (SSSR count). The fourth-order valence-electron chi connectivity index (χ4n) is 2.35. The van der Waals surface area contributed by atoms with Crippen molar-refractivity contribution >= 4 is 17.3 Å². The van der Waals surface area contributed by atoms with Crippen LogP contribution in [-0.4, -0.2) is 14.8 Å². The Morgan fingerprint density at radius 3 is 2.73 bits per heavy atom. The molecule has 0 aliphatic rings. The molecular formula is C17H17ClN4. The van der Waals surface area contributed by atoms with Gasteiger partial charge in [0.15, 0.2) is 0 Å². The second kappa shape index (κ2) is 6.62. The van der Waals surface area contributed by atoms with Crippen molar-refractivity contribution in [2.24, 2.45) is 0 Å². The number of aromatic nitrogens is 3. The number of benzene rings is 2. The van der Waals surface area contributed by atoms with Gasteiger partial charge in [0, 0.05) is 17.3 Å². The van der Waals surface area contributed by atoms with Crippen LogP contribution in [0.3, 0.4) is 0 Å². The Balaban J connectivity index is 1.76. The van der Waals surface area contributed by atoms with Gasteiger partial charge in [0.25, 0.3) is 0 Å². The molecule has 0 fully saturated rings. The Labute approximate surface area is 134 Å². The predicted molar refractivity (Wildman–Crippen MR) is 89.1 cm³/mol. The van der Waals surface area contributed by atoms with Gasteiger partial charge in [-0.2, -0.15) is 5.10 Å². The van der Waals surface area contributed by atoms with Gasteiger partial charge in [-0.05, 0) is 35.7 Å². The van der Waals surface area contributed by atoms with E-state index in [1.807, 2.05) is 35.9 Å². The van der Waals surface area contributed by atoms with Gasteiger partial charge < -0.3 is 5.32 Å². The van der Waals surface area contributed by atoms with Crippen LogP contribution in [0.15, 0.2) is 55.1 Å². The highest BCUT2D eigenvalue weighted by molar-refractivity contribution is 6.31. The molecule has 5 heteroatoms. The number of anilines is 1. The first-order valence-electron chi connectivity index (χ1n) is 7.12. The van der Waals surface area contributed by atoms with Crippen molar-refractivity contribution in [3.8, 4) is 0 Å². The van der Waals surface area contributed by atoms with E-state index in [4.69, 9.17) is 11.6 Å². The maximum absolute atomic E-state index is 6.18. The lowest BCUT2D eigenvalue weighted by Crippen LogP contribution is -2.07. The minimum absolute atomic E-state index is 0.692. The monoisotopic (exact) mass is 312 g/mol. The van der Waals surface area contributed by atoms with Crippen molar-refractivity contribution in [3.05, 3.63) is 76.8 Å². The lowest BCUT2D eigenvalue weighted by Gasteiger charge is -2.14. The molecule has 3 aromatic rings. The number of rotatable bonds is 5. The summed E-state index contributed by atoms with van der Waals surface area (Å²) in [5.41, 5.74) is 4.58. The number of hydrogen-bond acceptors (Lipinski definition) is 3. The van der Waals surface area contributed by atoms with E-state index in [2.05, 4.69) is 33.6 Å². The number of nitrogens with zero attached hydrogens (tertiary/aromatic N) is 3. The summed E-state index contributed by atoms with van der Waals surface area (Å²) in [5.74, 6) is 0. The van der Waals surface area contributed by atoms with Crippen LogP contribution in [0.25, 0.3) is 0 Å². The Morgan fingerprint density at radius 1 is 1.09 bits per heavy atom. The van der Waals surface area contributed by atoms with Gasteiger partial charge in [0.2, 0.25) is 0 Å². The van der Waals surface area contributed by atoms with Crippen LogP contribution in [0.5, 0.6) is 0 Å². The summed E-state index contributed by atoms with van der Waals surface area (Å²) >= 11 is 6.18. The van der Waals surface area contributed by atoms with Crippen LogP contribution in [-0.2, 0) is 13.1 Å². The van der Waals surface area contributed by atoms with Crippen LogP contribution >= 0.6 is 11.6 Å². The number of para-hydroxylation sites is 1. The van der Waals surface area contributed by atoms with Crippen molar-refractivity contribution in [2.75, 3.05) is 5.32 Å². The number of halogens is 1. The van der Waals surface area contributed by atoms with E-state index < -0.39 is 0 Å². The molecule has 4 nitrogen and oxygen atoms in total. The summed E-state index contributed by atoms with van der Waals surface area (Å²) in [6.07, 6.45) is 3.27. The van der Waals surface area contributed by atoms with Gasteiger partial charge in [-0.25, -0.2) is 9.67 Å². The lowest BCUT2D eigenvalue weighted by atomic mass is 10.1. The molecule has 0 radical (unpaired) electrons. The first-order chi connectivity index (χ1) is 10.7. The largest absolute Gasteiger partial charge is 0.381 e. The third-order valence-electron chi connectivity index (χ3n) is 3.67. The third kappa shape index (κ3) is 3.28. The zero-order valence-electron chi connectivity index (χ0n) is 12.3. The van der Waals surface area contributed by atoms with Crippen molar-refractivity contribution < 1.29 is 0 Å². The molecule has 22 heavy (non-hydrogen) atoms. The van der Waals surface area contributed by atoms with Crippen LogP contribution < -0.4 is 5.32 Å². The van der Waals surface area contributed by atoms with Crippen LogP contribution in [0.2, 0.25) is 5.02 Å². The molecular weight excluding hydrogens is 296 g/mol. The van der Waals surface area contributed by atoms with E-state index in [1.165, 1.54) is 11.1 Å². The molecule has 0 bridgehead atoms. The second-order valence-corrected chi connectivity index (χ2v) is 5.53. The maximum atomic E-state index is 6.18. The second-order valence-electron chi connectivity index (χ2n) is 5.13. The maximum Gasteiger partial charge on any atom is 0.137 e. The Bertz CT molecular complexity index is 753. The van der Waals surface area contributed by atoms with Crippen molar-refractivity contribution in [3.63, 3.8) is 0 Å². The van der Waals surface area contributed by atoms with Gasteiger partial charge >= 0.3 is 0 Å². The van der Waals surface area contributed by atoms with Crippen molar-refractivity contribution in [2.45, 2.75) is 20.0 Å². The van der Waals surface area contributed by atoms with E-state index in [1.54, 1.807) is 12.7 Å². The number of hydrogen-bond donors (Lipinski definition) is 1. The van der Waals surface area contributed by atoms with E-state index >= 15 is 0 Å². The fourth-order valence-corrected chi connectivity index (χ4v) is 2.55.